The molecule has 0 amide bonds. The Balaban J connectivity index is 1.82. The molecular weight excluding hydrogens is 668 g/mol. The molecule has 11 heteroatoms. The highest BCUT2D eigenvalue weighted by Gasteiger charge is 2.48. The summed E-state index contributed by atoms with van der Waals surface area (Å²) in [6.45, 7) is 6.10. The molecule has 1 aliphatic carbocycles. The van der Waals surface area contributed by atoms with Gasteiger partial charge < -0.3 is 10.6 Å². The average molecular weight is 711 g/mol. The summed E-state index contributed by atoms with van der Waals surface area (Å²) in [4.78, 5) is 20.3. The van der Waals surface area contributed by atoms with Crippen molar-refractivity contribution in [2.45, 2.75) is 106 Å². The Bertz CT molecular complexity index is 1440. The number of fused-ring (bicyclic) bond motifs is 4. The fourth-order valence-electron chi connectivity index (χ4n) is 5.79. The van der Waals surface area contributed by atoms with Crippen LogP contribution in [-0.2, 0) is 17.9 Å². The standard InChI is InChI=1S/C32H42F3IN6O/c1-20-10-7-5-6-8-16-42-29(40-22(3)38)24(18-26(30(42)43)31(19-37)13-14-31)21(2)39-28(36)23-11-9-12-25(27(23)33)32(34,35)15-17-41(20)4/h9,11-12,18,20-21,28,39H,5-8,10,13-17H2,1-4H3,(H2,38,40)/t20?,21?,28-/m0/s1. The van der Waals surface area contributed by atoms with Crippen LogP contribution in [-0.4, -0.2) is 34.9 Å². The number of aliphatic imine (C=N–C) groups is 1. The number of amidine groups is 1. The van der Waals surface area contributed by atoms with Gasteiger partial charge in [-0.3, -0.25) is 14.7 Å². The van der Waals surface area contributed by atoms with E-state index in [4.69, 9.17) is 5.73 Å². The van der Waals surface area contributed by atoms with Crippen LogP contribution in [0.2, 0.25) is 0 Å². The second-order valence-corrected chi connectivity index (χ2v) is 13.4. The molecule has 7 nitrogen and oxygen atoms in total. The number of nitriles is 1. The third kappa shape index (κ3) is 7.45. The quantitative estimate of drug-likeness (QED) is 0.114. The summed E-state index contributed by atoms with van der Waals surface area (Å²) in [5.41, 5.74) is 5.55. The molecular formula is C32H42F3IN6O. The fraction of sp³-hybridized carbons (Fsp3) is 0.594. The lowest BCUT2D eigenvalue weighted by atomic mass is 9.95. The highest BCUT2D eigenvalue weighted by Crippen LogP contribution is 2.47. The van der Waals surface area contributed by atoms with Gasteiger partial charge in [0.1, 0.15) is 11.6 Å². The van der Waals surface area contributed by atoms with Crippen LogP contribution >= 0.6 is 22.6 Å². The minimum Gasteiger partial charge on any atom is -0.387 e. The molecule has 1 aromatic heterocycles. The predicted octanol–water partition coefficient (Wildman–Crippen LogP) is 7.10. The summed E-state index contributed by atoms with van der Waals surface area (Å²) < 4.78 is 47.5. The molecule has 2 aromatic rings. The second kappa shape index (κ2) is 13.7. The minimum absolute atomic E-state index is 0.0954. The van der Waals surface area contributed by atoms with Crippen LogP contribution in [0, 0.1) is 17.1 Å². The normalized spacial score (nSPS) is 25.5. The zero-order valence-electron chi connectivity index (χ0n) is 25.4. The topological polar surface area (TPSA) is 99.4 Å². The first kappa shape index (κ1) is 33.5. The number of aromatic nitrogens is 1. The van der Waals surface area contributed by atoms with Crippen molar-refractivity contribution in [2.75, 3.05) is 13.6 Å². The first-order valence-electron chi connectivity index (χ1n) is 15.1. The zero-order chi connectivity index (χ0) is 31.5. The van der Waals surface area contributed by atoms with E-state index in [9.17, 15) is 10.1 Å². The number of nitrogens with zero attached hydrogens (tertiary/aromatic N) is 4. The summed E-state index contributed by atoms with van der Waals surface area (Å²) in [6.07, 6.45) is 5.04. The van der Waals surface area contributed by atoms with Gasteiger partial charge in [0, 0.05) is 48.3 Å². The Hall–Kier alpha value is -2.43. The summed E-state index contributed by atoms with van der Waals surface area (Å²) in [6, 6.07) is 7.84. The van der Waals surface area contributed by atoms with Crippen LogP contribution in [0.5, 0.6) is 0 Å². The van der Waals surface area contributed by atoms with Crippen molar-refractivity contribution >= 4 is 34.2 Å². The van der Waals surface area contributed by atoms with Crippen molar-refractivity contribution in [1.82, 2.24) is 14.8 Å². The maximum Gasteiger partial charge on any atom is 0.277 e. The van der Waals surface area contributed by atoms with Gasteiger partial charge in [0.25, 0.3) is 11.5 Å². The van der Waals surface area contributed by atoms with Crippen molar-refractivity contribution in [3.05, 3.63) is 62.7 Å². The molecule has 3 atom stereocenters. The van der Waals surface area contributed by atoms with Crippen molar-refractivity contribution in [1.29, 1.82) is 5.26 Å². The molecule has 2 aliphatic rings. The number of nitrogens with two attached hydrogens (primary N) is 1. The molecule has 2 heterocycles. The van der Waals surface area contributed by atoms with Crippen LogP contribution in [0.4, 0.5) is 19.0 Å². The van der Waals surface area contributed by atoms with Gasteiger partial charge in [-0.2, -0.15) is 5.26 Å². The van der Waals surface area contributed by atoms with Gasteiger partial charge in [0.2, 0.25) is 0 Å². The maximum atomic E-state index is 15.8. The number of hydrogen-bond donors (Lipinski definition) is 2. The van der Waals surface area contributed by atoms with Gasteiger partial charge in [0.05, 0.1) is 26.9 Å². The van der Waals surface area contributed by atoms with E-state index in [0.29, 0.717) is 36.3 Å². The van der Waals surface area contributed by atoms with E-state index in [1.807, 2.05) is 48.4 Å². The van der Waals surface area contributed by atoms with E-state index in [0.717, 1.165) is 38.2 Å². The Morgan fingerprint density at radius 1 is 1.12 bits per heavy atom. The van der Waals surface area contributed by atoms with E-state index in [2.05, 4.69) is 16.4 Å². The first-order chi connectivity index (χ1) is 20.3. The second-order valence-electron chi connectivity index (χ2n) is 12.2. The van der Waals surface area contributed by atoms with Crippen molar-refractivity contribution < 1.29 is 13.2 Å². The monoisotopic (exact) mass is 710 g/mol. The molecule has 1 saturated carbocycles. The number of rotatable bonds is 2. The molecule has 1 aliphatic heterocycles. The molecule has 3 N–H and O–H groups in total. The van der Waals surface area contributed by atoms with Gasteiger partial charge in [-0.05, 0) is 59.6 Å². The van der Waals surface area contributed by atoms with Crippen molar-refractivity contribution in [3.63, 3.8) is 0 Å². The van der Waals surface area contributed by atoms with E-state index >= 15 is 13.2 Å². The Morgan fingerprint density at radius 2 is 1.81 bits per heavy atom. The summed E-state index contributed by atoms with van der Waals surface area (Å²) in [5.74, 6) is -3.59. The SMILES string of the molecule is C/C(N)=N/c1c2cc(C3(C#N)CC3)c(=O)n1CCCCCCC(C)N(C)CCC(F)(F)c1cccc(c1F)[C@@H](I)NC2C. The smallest absolute Gasteiger partial charge is 0.277 e. The predicted molar refractivity (Wildman–Crippen MR) is 173 cm³/mol. The minimum atomic E-state index is -3.34. The van der Waals surface area contributed by atoms with Gasteiger partial charge in [0.15, 0.2) is 0 Å². The highest BCUT2D eigenvalue weighted by atomic mass is 127. The van der Waals surface area contributed by atoms with Crippen LogP contribution in [0.15, 0.2) is 34.1 Å². The summed E-state index contributed by atoms with van der Waals surface area (Å²) in [7, 11) is 1.83. The number of halogens is 4. The van der Waals surface area contributed by atoms with Crippen LogP contribution in [0.3, 0.4) is 0 Å². The molecule has 2 unspecified atom stereocenters. The van der Waals surface area contributed by atoms with E-state index in [1.165, 1.54) is 12.1 Å². The highest BCUT2D eigenvalue weighted by molar-refractivity contribution is 14.1. The first-order valence-corrected chi connectivity index (χ1v) is 16.3. The molecule has 4 rings (SSSR count). The molecule has 1 aromatic carbocycles. The number of pyridine rings is 1. The van der Waals surface area contributed by atoms with Crippen LogP contribution < -0.4 is 16.6 Å². The van der Waals surface area contributed by atoms with Gasteiger partial charge in [-0.15, -0.1) is 0 Å². The molecule has 0 saturated heterocycles. The lowest BCUT2D eigenvalue weighted by Crippen LogP contribution is -2.33. The Kier molecular flexibility index (Phi) is 10.7. The van der Waals surface area contributed by atoms with Crippen molar-refractivity contribution in [2.24, 2.45) is 10.7 Å². The fourth-order valence-corrected chi connectivity index (χ4v) is 6.81. The lowest BCUT2D eigenvalue weighted by molar-refractivity contribution is -0.0259. The van der Waals surface area contributed by atoms with Gasteiger partial charge in [-0.1, -0.05) is 60.1 Å². The number of hydrogen-bond acceptors (Lipinski definition) is 5. The van der Waals surface area contributed by atoms with Gasteiger partial charge >= 0.3 is 0 Å². The summed E-state index contributed by atoms with van der Waals surface area (Å²) in [5, 5.41) is 13.3. The molecule has 0 spiro atoms. The third-order valence-corrected chi connectivity index (χ3v) is 9.92. The number of nitrogens with one attached hydrogen (secondary N) is 1. The van der Waals surface area contributed by atoms with E-state index < -0.39 is 39.2 Å². The van der Waals surface area contributed by atoms with E-state index in [1.54, 1.807) is 17.6 Å². The Labute approximate surface area is 265 Å². The summed E-state index contributed by atoms with van der Waals surface area (Å²) >= 11 is 2.01. The number of benzene rings is 1. The maximum absolute atomic E-state index is 15.8. The molecule has 234 valence electrons. The van der Waals surface area contributed by atoms with E-state index in [-0.39, 0.29) is 29.5 Å². The third-order valence-electron chi connectivity index (χ3n) is 8.89. The largest absolute Gasteiger partial charge is 0.387 e. The molecule has 43 heavy (non-hydrogen) atoms. The van der Waals surface area contributed by atoms with Gasteiger partial charge in [-0.25, -0.2) is 18.2 Å². The van der Waals surface area contributed by atoms with Crippen LogP contribution in [0.1, 0.15) is 104 Å². The average Bonchev–Trinajstić information content (AvgIpc) is 3.75. The van der Waals surface area contributed by atoms with Crippen molar-refractivity contribution in [3.8, 4) is 6.07 Å². The number of alkyl halides is 3. The lowest BCUT2D eigenvalue weighted by Gasteiger charge is -2.28. The molecule has 1 fully saturated rings. The molecule has 4 bridgehead atoms. The van der Waals surface area contributed by atoms with Crippen LogP contribution in [0.25, 0.3) is 0 Å². The zero-order valence-corrected chi connectivity index (χ0v) is 27.6. The Morgan fingerprint density at radius 3 is 2.47 bits per heavy atom. The molecule has 0 radical (unpaired) electrons.